The SMILES string of the molecule is CN1CCC(CN(C)CCNCc2ccc(Cl)s2)CC1. The fourth-order valence-corrected chi connectivity index (χ4v) is 3.76. The van der Waals surface area contributed by atoms with E-state index in [1.54, 1.807) is 11.3 Å². The van der Waals surface area contributed by atoms with Crippen molar-refractivity contribution in [3.05, 3.63) is 21.3 Å². The average molecular weight is 316 g/mol. The Morgan fingerprint density at radius 1 is 1.40 bits per heavy atom. The summed E-state index contributed by atoms with van der Waals surface area (Å²) in [5.74, 6) is 0.882. The molecule has 1 aliphatic rings. The normalized spacial score (nSPS) is 18.0. The van der Waals surface area contributed by atoms with Gasteiger partial charge in [0.15, 0.2) is 0 Å². The Hall–Kier alpha value is -0.130. The van der Waals surface area contributed by atoms with Crippen LogP contribution in [0.4, 0.5) is 0 Å². The molecule has 1 fully saturated rings. The molecule has 3 nitrogen and oxygen atoms in total. The van der Waals surface area contributed by atoms with Crippen LogP contribution in [-0.4, -0.2) is 56.6 Å². The highest BCUT2D eigenvalue weighted by Crippen LogP contribution is 2.21. The molecule has 0 radical (unpaired) electrons. The summed E-state index contributed by atoms with van der Waals surface area (Å²) in [4.78, 5) is 6.21. The molecule has 0 bridgehead atoms. The third-order valence-corrected chi connectivity index (χ3v) is 5.24. The molecule has 5 heteroatoms. The molecule has 1 aromatic rings. The summed E-state index contributed by atoms with van der Waals surface area (Å²) in [6, 6.07) is 4.07. The topological polar surface area (TPSA) is 18.5 Å². The third kappa shape index (κ3) is 5.70. The highest BCUT2D eigenvalue weighted by molar-refractivity contribution is 7.16. The molecule has 114 valence electrons. The summed E-state index contributed by atoms with van der Waals surface area (Å²) in [5, 5.41) is 3.49. The quantitative estimate of drug-likeness (QED) is 0.781. The third-order valence-electron chi connectivity index (χ3n) is 4.01. The second-order valence-corrected chi connectivity index (χ2v) is 7.69. The van der Waals surface area contributed by atoms with Gasteiger partial charge in [0.25, 0.3) is 0 Å². The summed E-state index contributed by atoms with van der Waals surface area (Å²) in [6.07, 6.45) is 2.70. The second-order valence-electron chi connectivity index (χ2n) is 5.89. The summed E-state index contributed by atoms with van der Waals surface area (Å²) >= 11 is 7.58. The van der Waals surface area contributed by atoms with E-state index in [0.29, 0.717) is 0 Å². The minimum atomic E-state index is 0.876. The van der Waals surface area contributed by atoms with E-state index in [0.717, 1.165) is 29.9 Å². The van der Waals surface area contributed by atoms with E-state index in [2.05, 4.69) is 35.3 Å². The van der Waals surface area contributed by atoms with E-state index < -0.39 is 0 Å². The maximum atomic E-state index is 5.92. The lowest BCUT2D eigenvalue weighted by Crippen LogP contribution is -2.37. The smallest absolute Gasteiger partial charge is 0.0931 e. The number of nitrogens with zero attached hydrogens (tertiary/aromatic N) is 2. The van der Waals surface area contributed by atoms with Crippen LogP contribution in [0.2, 0.25) is 4.34 Å². The van der Waals surface area contributed by atoms with Crippen molar-refractivity contribution in [2.45, 2.75) is 19.4 Å². The second kappa shape index (κ2) is 8.35. The number of thiophene rings is 1. The van der Waals surface area contributed by atoms with E-state index in [1.165, 1.54) is 37.4 Å². The van der Waals surface area contributed by atoms with Crippen LogP contribution in [0, 0.1) is 5.92 Å². The van der Waals surface area contributed by atoms with Crippen LogP contribution >= 0.6 is 22.9 Å². The summed E-state index contributed by atoms with van der Waals surface area (Å²) in [6.45, 7) is 6.84. The molecular weight excluding hydrogens is 290 g/mol. The van der Waals surface area contributed by atoms with Crippen LogP contribution < -0.4 is 5.32 Å². The van der Waals surface area contributed by atoms with E-state index in [1.807, 2.05) is 6.07 Å². The average Bonchev–Trinajstić information content (AvgIpc) is 2.83. The maximum Gasteiger partial charge on any atom is 0.0931 e. The number of piperidine rings is 1. The predicted octanol–water partition coefficient (Wildman–Crippen LogP) is 2.76. The molecule has 1 saturated heterocycles. The molecular formula is C15H26ClN3S. The van der Waals surface area contributed by atoms with E-state index in [4.69, 9.17) is 11.6 Å². The Labute approximate surface area is 131 Å². The number of halogens is 1. The molecule has 0 unspecified atom stereocenters. The van der Waals surface area contributed by atoms with Gasteiger partial charge in [0.2, 0.25) is 0 Å². The molecule has 1 aliphatic heterocycles. The monoisotopic (exact) mass is 315 g/mol. The fourth-order valence-electron chi connectivity index (χ4n) is 2.70. The minimum absolute atomic E-state index is 0.876. The molecule has 1 N–H and O–H groups in total. The maximum absolute atomic E-state index is 5.92. The molecule has 0 aromatic carbocycles. The van der Waals surface area contributed by atoms with Gasteiger partial charge in [-0.2, -0.15) is 0 Å². The van der Waals surface area contributed by atoms with Gasteiger partial charge in [-0.15, -0.1) is 11.3 Å². The van der Waals surface area contributed by atoms with Gasteiger partial charge < -0.3 is 15.1 Å². The first kappa shape index (κ1) is 16.2. The van der Waals surface area contributed by atoms with Gasteiger partial charge in [0.05, 0.1) is 4.34 Å². The van der Waals surface area contributed by atoms with Gasteiger partial charge in [-0.1, -0.05) is 11.6 Å². The molecule has 2 heterocycles. The van der Waals surface area contributed by atoms with Crippen LogP contribution in [0.1, 0.15) is 17.7 Å². The standard InChI is InChI=1S/C15H26ClN3S/c1-18-8-5-13(6-9-18)12-19(2)10-7-17-11-14-3-4-15(16)20-14/h3-4,13,17H,5-12H2,1-2H3. The number of likely N-dealkylation sites (N-methyl/N-ethyl adjacent to an activating group) is 1. The Morgan fingerprint density at radius 3 is 2.80 bits per heavy atom. The fraction of sp³-hybridized carbons (Fsp3) is 0.733. The Balaban J connectivity index is 1.55. The van der Waals surface area contributed by atoms with Crippen molar-refractivity contribution in [3.63, 3.8) is 0 Å². The van der Waals surface area contributed by atoms with Crippen LogP contribution in [0.5, 0.6) is 0 Å². The highest BCUT2D eigenvalue weighted by atomic mass is 35.5. The molecule has 20 heavy (non-hydrogen) atoms. The van der Waals surface area contributed by atoms with Crippen LogP contribution in [0.3, 0.4) is 0 Å². The molecule has 0 atom stereocenters. The van der Waals surface area contributed by atoms with E-state index >= 15 is 0 Å². The number of hydrogen-bond donors (Lipinski definition) is 1. The van der Waals surface area contributed by atoms with Gasteiger partial charge in [0, 0.05) is 31.1 Å². The van der Waals surface area contributed by atoms with Crippen molar-refractivity contribution < 1.29 is 0 Å². The zero-order chi connectivity index (χ0) is 14.4. The van der Waals surface area contributed by atoms with Gasteiger partial charge in [-0.05, 0) is 58.1 Å². The zero-order valence-electron chi connectivity index (χ0n) is 12.6. The van der Waals surface area contributed by atoms with Crippen LogP contribution in [-0.2, 0) is 6.54 Å². The lowest BCUT2D eigenvalue weighted by molar-refractivity contribution is 0.176. The zero-order valence-corrected chi connectivity index (χ0v) is 14.1. The molecule has 2 rings (SSSR count). The number of likely N-dealkylation sites (tertiary alicyclic amines) is 1. The number of hydrogen-bond acceptors (Lipinski definition) is 4. The first-order valence-corrected chi connectivity index (χ1v) is 8.65. The highest BCUT2D eigenvalue weighted by Gasteiger charge is 2.17. The lowest BCUT2D eigenvalue weighted by atomic mass is 9.97. The molecule has 0 aliphatic carbocycles. The van der Waals surface area contributed by atoms with Gasteiger partial charge in [-0.3, -0.25) is 0 Å². The van der Waals surface area contributed by atoms with Crippen LogP contribution in [0.25, 0.3) is 0 Å². The summed E-state index contributed by atoms with van der Waals surface area (Å²) < 4.78 is 0.876. The minimum Gasteiger partial charge on any atom is -0.311 e. The number of rotatable bonds is 7. The predicted molar refractivity (Wildman–Crippen MR) is 88.8 cm³/mol. The van der Waals surface area contributed by atoms with Crippen molar-refractivity contribution in [2.24, 2.45) is 5.92 Å². The van der Waals surface area contributed by atoms with Crippen molar-refractivity contribution >= 4 is 22.9 Å². The first-order chi connectivity index (χ1) is 9.63. The van der Waals surface area contributed by atoms with Crippen LogP contribution in [0.15, 0.2) is 12.1 Å². The lowest BCUT2D eigenvalue weighted by Gasteiger charge is -2.31. The van der Waals surface area contributed by atoms with Crippen molar-refractivity contribution in [3.8, 4) is 0 Å². The van der Waals surface area contributed by atoms with Crippen molar-refractivity contribution in [1.29, 1.82) is 0 Å². The summed E-state index contributed by atoms with van der Waals surface area (Å²) in [5.41, 5.74) is 0. The van der Waals surface area contributed by atoms with Crippen molar-refractivity contribution in [2.75, 3.05) is 46.8 Å². The molecule has 1 aromatic heterocycles. The van der Waals surface area contributed by atoms with Gasteiger partial charge in [0.1, 0.15) is 0 Å². The molecule has 0 saturated carbocycles. The van der Waals surface area contributed by atoms with E-state index in [-0.39, 0.29) is 0 Å². The largest absolute Gasteiger partial charge is 0.311 e. The van der Waals surface area contributed by atoms with Crippen molar-refractivity contribution in [1.82, 2.24) is 15.1 Å². The molecule has 0 spiro atoms. The molecule has 0 amide bonds. The first-order valence-electron chi connectivity index (χ1n) is 7.45. The number of nitrogens with one attached hydrogen (secondary N) is 1. The van der Waals surface area contributed by atoms with E-state index in [9.17, 15) is 0 Å². The summed E-state index contributed by atoms with van der Waals surface area (Å²) in [7, 11) is 4.46. The van der Waals surface area contributed by atoms with Gasteiger partial charge >= 0.3 is 0 Å². The Bertz CT molecular complexity index is 388. The van der Waals surface area contributed by atoms with Gasteiger partial charge in [-0.25, -0.2) is 0 Å². The Kier molecular flexibility index (Phi) is 6.78. The Morgan fingerprint density at radius 2 is 2.15 bits per heavy atom.